The second-order valence-electron chi connectivity index (χ2n) is 9.35. The summed E-state index contributed by atoms with van der Waals surface area (Å²) in [6.45, 7) is 3.62. The Morgan fingerprint density at radius 2 is 1.86 bits per heavy atom. The number of aromatic nitrogens is 3. The third-order valence-electron chi connectivity index (χ3n) is 6.86. The number of anilines is 2. The molecule has 36 heavy (non-hydrogen) atoms. The molecule has 1 atom stereocenters. The fraction of sp³-hybridized carbons (Fsp3) is 0.385. The fourth-order valence-corrected chi connectivity index (χ4v) is 5.07. The molecule has 0 amide bonds. The quantitative estimate of drug-likeness (QED) is 0.307. The zero-order chi connectivity index (χ0) is 26.0. The minimum atomic E-state index is -2.60. The van der Waals surface area contributed by atoms with E-state index in [0.717, 1.165) is 10.0 Å². The van der Waals surface area contributed by atoms with Gasteiger partial charge in [-0.15, -0.1) is 0 Å². The second-order valence-corrected chi connectivity index (χ2v) is 10.1. The number of carboxylic acid groups (broad SMARTS) is 1. The molecule has 7 nitrogen and oxygen atoms in total. The van der Waals surface area contributed by atoms with Crippen LogP contribution in [0.2, 0.25) is 0 Å². The van der Waals surface area contributed by atoms with E-state index in [2.05, 4.69) is 36.2 Å². The lowest BCUT2D eigenvalue weighted by Gasteiger charge is -2.36. The van der Waals surface area contributed by atoms with E-state index in [1.165, 1.54) is 18.3 Å². The Morgan fingerprint density at radius 1 is 1.14 bits per heavy atom. The molecule has 190 valence electrons. The maximum atomic E-state index is 13.0. The number of nitrogens with one attached hydrogen (secondary N) is 1. The predicted octanol–water partition coefficient (Wildman–Crippen LogP) is 6.39. The van der Waals surface area contributed by atoms with Crippen LogP contribution in [0.3, 0.4) is 0 Å². The SMILES string of the molecule is Cc1cc(Nc2cc(C(F)F)ccn2)nc(-c2ccc(C(C)(O)[C@H]3CC[C@H](C(=O)O)CC3)nc2)c1Br. The third-order valence-corrected chi connectivity index (χ3v) is 7.86. The first-order chi connectivity index (χ1) is 17.1. The number of hydrogen-bond acceptors (Lipinski definition) is 6. The molecule has 1 aliphatic rings. The molecular weight excluding hydrogens is 534 g/mol. The minimum Gasteiger partial charge on any atom is -0.481 e. The molecule has 0 bridgehead atoms. The molecule has 3 aromatic heterocycles. The Balaban J connectivity index is 1.56. The third kappa shape index (κ3) is 5.54. The maximum absolute atomic E-state index is 13.0. The fourth-order valence-electron chi connectivity index (χ4n) is 4.64. The molecule has 1 aliphatic carbocycles. The predicted molar refractivity (Wildman–Crippen MR) is 135 cm³/mol. The van der Waals surface area contributed by atoms with Gasteiger partial charge in [0.1, 0.15) is 17.2 Å². The number of aryl methyl sites for hydroxylation is 1. The van der Waals surface area contributed by atoms with Crippen LogP contribution >= 0.6 is 15.9 Å². The first-order valence-corrected chi connectivity index (χ1v) is 12.5. The molecule has 10 heteroatoms. The van der Waals surface area contributed by atoms with Gasteiger partial charge >= 0.3 is 5.97 Å². The summed E-state index contributed by atoms with van der Waals surface area (Å²) in [5.41, 5.74) is 1.37. The Bertz CT molecular complexity index is 1250. The van der Waals surface area contributed by atoms with Gasteiger partial charge in [0.05, 0.1) is 17.3 Å². The minimum absolute atomic E-state index is 0.0809. The van der Waals surface area contributed by atoms with Gasteiger partial charge in [-0.25, -0.2) is 18.7 Å². The standard InChI is InChI=1S/C26H27BrF2N4O3/c1-14-11-21(32-20-12-16(24(28)29)9-10-30-20)33-23(22(14)27)17-5-8-19(31-13-17)26(2,36)18-6-3-15(4-7-18)25(34)35/h5,8-13,15,18,24,36H,3-4,6-7H2,1-2H3,(H,34,35)(H,30,32,33)/t15-,18-,26?. The molecule has 1 fully saturated rings. The topological polar surface area (TPSA) is 108 Å². The monoisotopic (exact) mass is 560 g/mol. The van der Waals surface area contributed by atoms with Crippen molar-refractivity contribution in [3.05, 3.63) is 64.0 Å². The molecule has 1 unspecified atom stereocenters. The maximum Gasteiger partial charge on any atom is 0.306 e. The summed E-state index contributed by atoms with van der Waals surface area (Å²) in [4.78, 5) is 24.5. The van der Waals surface area contributed by atoms with E-state index in [9.17, 15) is 23.8 Å². The number of pyridine rings is 3. The molecular formula is C26H27BrF2N4O3. The molecule has 3 heterocycles. The van der Waals surface area contributed by atoms with Crippen molar-refractivity contribution in [3.63, 3.8) is 0 Å². The van der Waals surface area contributed by atoms with E-state index in [-0.39, 0.29) is 23.2 Å². The number of hydrogen-bond donors (Lipinski definition) is 3. The molecule has 3 N–H and O–H groups in total. The Kier molecular flexibility index (Phi) is 7.65. The van der Waals surface area contributed by atoms with Crippen LogP contribution in [0.25, 0.3) is 11.3 Å². The van der Waals surface area contributed by atoms with Gasteiger partial charge in [0, 0.05) is 28.0 Å². The number of aliphatic carboxylic acids is 1. The van der Waals surface area contributed by atoms with Crippen molar-refractivity contribution in [2.45, 2.75) is 51.6 Å². The Morgan fingerprint density at radius 3 is 2.47 bits per heavy atom. The summed E-state index contributed by atoms with van der Waals surface area (Å²) in [6, 6.07) is 7.92. The zero-order valence-electron chi connectivity index (χ0n) is 19.9. The highest BCUT2D eigenvalue weighted by Gasteiger charge is 2.39. The molecule has 1 saturated carbocycles. The largest absolute Gasteiger partial charge is 0.481 e. The van der Waals surface area contributed by atoms with Crippen LogP contribution in [-0.2, 0) is 10.4 Å². The molecule has 0 aromatic carbocycles. The van der Waals surface area contributed by atoms with E-state index in [1.807, 2.05) is 13.0 Å². The number of carboxylic acids is 1. The Hall–Kier alpha value is -2.98. The van der Waals surface area contributed by atoms with Crippen molar-refractivity contribution in [3.8, 4) is 11.3 Å². The van der Waals surface area contributed by atoms with Crippen LogP contribution in [0, 0.1) is 18.8 Å². The van der Waals surface area contributed by atoms with Crippen molar-refractivity contribution in [1.29, 1.82) is 0 Å². The normalized spacial score (nSPS) is 19.6. The zero-order valence-corrected chi connectivity index (χ0v) is 21.5. The lowest BCUT2D eigenvalue weighted by molar-refractivity contribution is -0.144. The van der Waals surface area contributed by atoms with E-state index in [1.54, 1.807) is 25.3 Å². The van der Waals surface area contributed by atoms with Crippen LogP contribution in [0.5, 0.6) is 0 Å². The van der Waals surface area contributed by atoms with Crippen LogP contribution in [0.4, 0.5) is 20.4 Å². The Labute approximate surface area is 216 Å². The smallest absolute Gasteiger partial charge is 0.306 e. The number of carbonyl (C=O) groups is 1. The van der Waals surface area contributed by atoms with Crippen molar-refractivity contribution in [2.75, 3.05) is 5.32 Å². The van der Waals surface area contributed by atoms with Crippen LogP contribution < -0.4 is 5.32 Å². The first-order valence-electron chi connectivity index (χ1n) is 11.7. The van der Waals surface area contributed by atoms with Gasteiger partial charge in [-0.2, -0.15) is 0 Å². The summed E-state index contributed by atoms with van der Waals surface area (Å²) in [7, 11) is 0. The van der Waals surface area contributed by atoms with Gasteiger partial charge in [0.15, 0.2) is 0 Å². The summed E-state index contributed by atoms with van der Waals surface area (Å²) in [5.74, 6) is -0.514. The van der Waals surface area contributed by atoms with E-state index in [4.69, 9.17) is 0 Å². The van der Waals surface area contributed by atoms with Gasteiger partial charge in [-0.3, -0.25) is 9.78 Å². The molecule has 0 aliphatic heterocycles. The van der Waals surface area contributed by atoms with E-state index in [0.29, 0.717) is 48.5 Å². The van der Waals surface area contributed by atoms with Gasteiger partial charge in [0.2, 0.25) is 0 Å². The van der Waals surface area contributed by atoms with E-state index < -0.39 is 18.0 Å². The number of nitrogens with zero attached hydrogens (tertiary/aromatic N) is 3. The molecule has 0 spiro atoms. The highest BCUT2D eigenvalue weighted by Crippen LogP contribution is 2.41. The average molecular weight is 561 g/mol. The molecule has 0 saturated heterocycles. The highest BCUT2D eigenvalue weighted by atomic mass is 79.9. The van der Waals surface area contributed by atoms with Crippen LogP contribution in [0.15, 0.2) is 47.2 Å². The summed E-state index contributed by atoms with van der Waals surface area (Å²) < 4.78 is 26.9. The number of halogens is 3. The van der Waals surface area contributed by atoms with Gasteiger partial charge in [0.25, 0.3) is 6.43 Å². The van der Waals surface area contributed by atoms with Gasteiger partial charge in [-0.1, -0.05) is 0 Å². The van der Waals surface area contributed by atoms with Crippen LogP contribution in [0.1, 0.15) is 55.9 Å². The van der Waals surface area contributed by atoms with Crippen LogP contribution in [-0.4, -0.2) is 31.1 Å². The second kappa shape index (κ2) is 10.6. The lowest BCUT2D eigenvalue weighted by atomic mass is 9.73. The average Bonchev–Trinajstić information content (AvgIpc) is 2.86. The van der Waals surface area contributed by atoms with E-state index >= 15 is 0 Å². The number of aliphatic hydroxyl groups is 1. The van der Waals surface area contributed by atoms with Crippen molar-refractivity contribution in [2.24, 2.45) is 11.8 Å². The highest BCUT2D eigenvalue weighted by molar-refractivity contribution is 9.10. The number of rotatable bonds is 7. The van der Waals surface area contributed by atoms with Crippen molar-refractivity contribution in [1.82, 2.24) is 15.0 Å². The number of alkyl halides is 2. The van der Waals surface area contributed by atoms with Gasteiger partial charge in [-0.05, 0) is 97.3 Å². The summed E-state index contributed by atoms with van der Waals surface area (Å²) >= 11 is 3.57. The summed E-state index contributed by atoms with van der Waals surface area (Å²) in [6.07, 6.45) is 2.68. The molecule has 4 rings (SSSR count). The first kappa shape index (κ1) is 26.1. The van der Waals surface area contributed by atoms with Crippen molar-refractivity contribution >= 4 is 33.5 Å². The van der Waals surface area contributed by atoms with Gasteiger partial charge < -0.3 is 15.5 Å². The van der Waals surface area contributed by atoms with Crippen molar-refractivity contribution < 1.29 is 23.8 Å². The lowest BCUT2D eigenvalue weighted by Crippen LogP contribution is -2.36. The molecule has 0 radical (unpaired) electrons. The summed E-state index contributed by atoms with van der Waals surface area (Å²) in [5, 5.41) is 23.5. The molecule has 3 aromatic rings.